The first-order chi connectivity index (χ1) is 9.20. The van der Waals surface area contributed by atoms with Crippen molar-refractivity contribution in [1.82, 2.24) is 0 Å². The van der Waals surface area contributed by atoms with Crippen LogP contribution in [0, 0.1) is 18.8 Å². The number of ketones is 1. The molecule has 0 saturated carbocycles. The third-order valence-corrected chi connectivity index (χ3v) is 2.74. The number of benzene rings is 2. The minimum atomic E-state index is -0.0997. The second kappa shape index (κ2) is 5.84. The molecule has 92 valence electrons. The standard InChI is InChI=1S/C18H14O/c1-3-18(19)17-12-9-14(2)13-16(17)11-10-15-7-5-4-6-8-15/h3-9,12-13H,1H2,2H3. The van der Waals surface area contributed by atoms with Gasteiger partial charge < -0.3 is 0 Å². The van der Waals surface area contributed by atoms with Crippen LogP contribution in [-0.2, 0) is 0 Å². The van der Waals surface area contributed by atoms with Crippen molar-refractivity contribution < 1.29 is 4.79 Å². The number of aryl methyl sites for hydroxylation is 1. The number of hydrogen-bond acceptors (Lipinski definition) is 1. The van der Waals surface area contributed by atoms with E-state index in [9.17, 15) is 4.79 Å². The van der Waals surface area contributed by atoms with Crippen molar-refractivity contribution in [2.24, 2.45) is 0 Å². The topological polar surface area (TPSA) is 17.1 Å². The predicted octanol–water partition coefficient (Wildman–Crippen LogP) is 3.76. The smallest absolute Gasteiger partial charge is 0.186 e. The lowest BCUT2D eigenvalue weighted by Crippen LogP contribution is -1.98. The number of carbonyl (C=O) groups excluding carboxylic acids is 1. The predicted molar refractivity (Wildman–Crippen MR) is 78.1 cm³/mol. The van der Waals surface area contributed by atoms with Crippen LogP contribution in [0.3, 0.4) is 0 Å². The van der Waals surface area contributed by atoms with Gasteiger partial charge in [-0.15, -0.1) is 0 Å². The summed E-state index contributed by atoms with van der Waals surface area (Å²) in [6.45, 7) is 5.50. The van der Waals surface area contributed by atoms with E-state index in [2.05, 4.69) is 18.4 Å². The summed E-state index contributed by atoms with van der Waals surface area (Å²) in [7, 11) is 0. The fourth-order valence-corrected chi connectivity index (χ4v) is 1.75. The van der Waals surface area contributed by atoms with E-state index in [0.29, 0.717) is 5.56 Å². The maximum absolute atomic E-state index is 11.8. The molecule has 0 N–H and O–H groups in total. The third kappa shape index (κ3) is 3.20. The van der Waals surface area contributed by atoms with Gasteiger partial charge in [0.1, 0.15) is 0 Å². The highest BCUT2D eigenvalue weighted by Crippen LogP contribution is 2.12. The Bertz CT molecular complexity index is 670. The quantitative estimate of drug-likeness (QED) is 0.448. The van der Waals surface area contributed by atoms with Crippen molar-refractivity contribution >= 4 is 5.78 Å². The summed E-state index contributed by atoms with van der Waals surface area (Å²) in [5, 5.41) is 0. The van der Waals surface area contributed by atoms with Crippen LogP contribution >= 0.6 is 0 Å². The Morgan fingerprint density at radius 2 is 1.84 bits per heavy atom. The first kappa shape index (κ1) is 12.9. The molecule has 0 aliphatic heterocycles. The Labute approximate surface area is 113 Å². The van der Waals surface area contributed by atoms with Gasteiger partial charge in [-0.3, -0.25) is 4.79 Å². The minimum absolute atomic E-state index is 0.0997. The summed E-state index contributed by atoms with van der Waals surface area (Å²) in [5.74, 6) is 6.04. The average Bonchev–Trinajstić information content (AvgIpc) is 2.45. The Hall–Kier alpha value is -2.59. The lowest BCUT2D eigenvalue weighted by molar-refractivity contribution is 0.104. The monoisotopic (exact) mass is 246 g/mol. The zero-order valence-corrected chi connectivity index (χ0v) is 10.8. The normalized spacial score (nSPS) is 9.32. The zero-order chi connectivity index (χ0) is 13.7. The van der Waals surface area contributed by atoms with Crippen LogP contribution in [0.2, 0.25) is 0 Å². The molecule has 0 unspecified atom stereocenters. The van der Waals surface area contributed by atoms with E-state index >= 15 is 0 Å². The first-order valence-electron chi connectivity index (χ1n) is 6.05. The van der Waals surface area contributed by atoms with Gasteiger partial charge in [0, 0.05) is 16.7 Å². The van der Waals surface area contributed by atoms with Gasteiger partial charge in [-0.25, -0.2) is 0 Å². The molecule has 0 aliphatic carbocycles. The van der Waals surface area contributed by atoms with Crippen LogP contribution in [0.4, 0.5) is 0 Å². The summed E-state index contributed by atoms with van der Waals surface area (Å²) in [6.07, 6.45) is 1.32. The van der Waals surface area contributed by atoms with E-state index in [1.165, 1.54) is 6.08 Å². The number of hydrogen-bond donors (Lipinski definition) is 0. The third-order valence-electron chi connectivity index (χ3n) is 2.74. The van der Waals surface area contributed by atoms with Crippen molar-refractivity contribution in [3.63, 3.8) is 0 Å². The first-order valence-corrected chi connectivity index (χ1v) is 6.05. The van der Waals surface area contributed by atoms with Crippen molar-refractivity contribution in [3.05, 3.63) is 83.4 Å². The Balaban J connectivity index is 2.45. The molecule has 0 heterocycles. The van der Waals surface area contributed by atoms with Crippen molar-refractivity contribution in [1.29, 1.82) is 0 Å². The molecule has 1 heteroatoms. The molecular weight excluding hydrogens is 232 g/mol. The average molecular weight is 246 g/mol. The molecule has 0 saturated heterocycles. The minimum Gasteiger partial charge on any atom is -0.289 e. The summed E-state index contributed by atoms with van der Waals surface area (Å²) >= 11 is 0. The van der Waals surface area contributed by atoms with Crippen LogP contribution < -0.4 is 0 Å². The van der Waals surface area contributed by atoms with Crippen molar-refractivity contribution in [2.75, 3.05) is 0 Å². The molecule has 19 heavy (non-hydrogen) atoms. The molecule has 2 aromatic rings. The van der Waals surface area contributed by atoms with E-state index in [1.807, 2.05) is 49.4 Å². The molecule has 2 rings (SSSR count). The van der Waals surface area contributed by atoms with Gasteiger partial charge in [0.25, 0.3) is 0 Å². The molecule has 2 aromatic carbocycles. The number of rotatable bonds is 2. The van der Waals surface area contributed by atoms with Crippen LogP contribution in [0.5, 0.6) is 0 Å². The molecule has 0 bridgehead atoms. The highest BCUT2D eigenvalue weighted by Gasteiger charge is 2.06. The molecular formula is C18H14O. The largest absolute Gasteiger partial charge is 0.289 e. The Morgan fingerprint density at radius 3 is 2.53 bits per heavy atom. The maximum atomic E-state index is 11.8. The molecule has 0 spiro atoms. The summed E-state index contributed by atoms with van der Waals surface area (Å²) in [6, 6.07) is 15.3. The van der Waals surface area contributed by atoms with Crippen molar-refractivity contribution in [2.45, 2.75) is 6.92 Å². The number of carbonyl (C=O) groups is 1. The maximum Gasteiger partial charge on any atom is 0.186 e. The molecule has 0 atom stereocenters. The molecule has 0 aliphatic rings. The van der Waals surface area contributed by atoms with Crippen LogP contribution in [-0.4, -0.2) is 5.78 Å². The van der Waals surface area contributed by atoms with Gasteiger partial charge in [-0.1, -0.05) is 42.7 Å². The summed E-state index contributed by atoms with van der Waals surface area (Å²) < 4.78 is 0. The molecule has 0 fully saturated rings. The van der Waals surface area contributed by atoms with E-state index in [0.717, 1.165) is 16.7 Å². The highest BCUT2D eigenvalue weighted by atomic mass is 16.1. The van der Waals surface area contributed by atoms with Crippen LogP contribution in [0.25, 0.3) is 0 Å². The van der Waals surface area contributed by atoms with Gasteiger partial charge in [-0.2, -0.15) is 0 Å². The van der Waals surface area contributed by atoms with Crippen LogP contribution in [0.1, 0.15) is 27.0 Å². The number of allylic oxidation sites excluding steroid dienone is 1. The summed E-state index contributed by atoms with van der Waals surface area (Å²) in [4.78, 5) is 11.8. The molecule has 0 amide bonds. The van der Waals surface area contributed by atoms with Gasteiger partial charge in [-0.05, 0) is 42.8 Å². The van der Waals surface area contributed by atoms with Gasteiger partial charge in [0.2, 0.25) is 0 Å². The van der Waals surface area contributed by atoms with E-state index in [4.69, 9.17) is 0 Å². The van der Waals surface area contributed by atoms with Crippen molar-refractivity contribution in [3.8, 4) is 11.8 Å². The molecule has 1 nitrogen and oxygen atoms in total. The SMILES string of the molecule is C=CC(=O)c1ccc(C)cc1C#Cc1ccccc1. The summed E-state index contributed by atoms with van der Waals surface area (Å²) in [5.41, 5.74) is 3.36. The zero-order valence-electron chi connectivity index (χ0n) is 10.8. The van der Waals surface area contributed by atoms with Crippen LogP contribution in [0.15, 0.2) is 61.2 Å². The lowest BCUT2D eigenvalue weighted by Gasteiger charge is -2.01. The molecule has 0 radical (unpaired) electrons. The lowest BCUT2D eigenvalue weighted by atomic mass is 10.0. The highest BCUT2D eigenvalue weighted by molar-refractivity contribution is 6.06. The van der Waals surface area contributed by atoms with E-state index in [1.54, 1.807) is 6.07 Å². The van der Waals surface area contributed by atoms with E-state index in [-0.39, 0.29) is 5.78 Å². The van der Waals surface area contributed by atoms with Gasteiger partial charge in [0.15, 0.2) is 5.78 Å². The Morgan fingerprint density at radius 1 is 1.11 bits per heavy atom. The fraction of sp³-hybridized carbons (Fsp3) is 0.0556. The second-order valence-corrected chi connectivity index (χ2v) is 4.23. The van der Waals surface area contributed by atoms with Gasteiger partial charge in [0.05, 0.1) is 0 Å². The van der Waals surface area contributed by atoms with Gasteiger partial charge >= 0.3 is 0 Å². The molecule has 0 aromatic heterocycles. The van der Waals surface area contributed by atoms with E-state index < -0.39 is 0 Å². The Kier molecular flexibility index (Phi) is 3.95. The second-order valence-electron chi connectivity index (χ2n) is 4.23. The fourth-order valence-electron chi connectivity index (χ4n) is 1.75.